The van der Waals surface area contributed by atoms with E-state index in [1.807, 2.05) is 41.4 Å². The van der Waals surface area contributed by atoms with Crippen LogP contribution in [0.15, 0.2) is 96.2 Å². The first-order valence-electron chi connectivity index (χ1n) is 19.5. The Labute approximate surface area is 331 Å². The fourth-order valence-electron chi connectivity index (χ4n) is 8.55. The first-order chi connectivity index (χ1) is 26.8. The van der Waals surface area contributed by atoms with Gasteiger partial charge in [-0.2, -0.15) is 0 Å². The van der Waals surface area contributed by atoms with Gasteiger partial charge in [-0.3, -0.25) is 14.3 Å². The van der Waals surface area contributed by atoms with E-state index in [1.165, 1.54) is 16.3 Å². The van der Waals surface area contributed by atoms with Crippen LogP contribution < -0.4 is 25.9 Å². The number of rotatable bonds is 15. The highest BCUT2D eigenvalue weighted by Gasteiger charge is 2.66. The number of fused-ring (bicyclic) bond motifs is 2. The monoisotopic (exact) mass is 776 g/mol. The average molecular weight is 777 g/mol. The molecule has 2 aliphatic heterocycles. The van der Waals surface area contributed by atoms with Gasteiger partial charge in [0, 0.05) is 60.7 Å². The molecule has 2 aliphatic rings. The molecule has 3 aromatic carbocycles. The van der Waals surface area contributed by atoms with E-state index in [-0.39, 0.29) is 36.0 Å². The molecule has 4 aromatic rings. The van der Waals surface area contributed by atoms with Crippen LogP contribution in [0, 0.1) is 5.92 Å². The zero-order valence-corrected chi connectivity index (χ0v) is 34.7. The number of amides is 2. The standard InChI is InChI=1S/C44H56N6O5Si/c1-29(2)9-8-10-30(3)21-25-50-39-20-15-34(46-42(52)32-11-13-33(45)14-12-32)27-38(39)44(43(50)53)31(4)41(56(6,7)37-18-16-36(54-5)17-19-37)40(55-44)22-24-49-28-35(23-26-51)47-48-49/h9,11-21,27-28,31,40-41,51H,8,10,22-26,45H2,1-7H3,(H,46,52)/b30-21+/t31-,40+,41-,44+/m1/s1. The summed E-state index contributed by atoms with van der Waals surface area (Å²) >= 11 is 0. The summed E-state index contributed by atoms with van der Waals surface area (Å²) in [6, 6.07) is 20.9. The topological polar surface area (TPSA) is 145 Å². The second kappa shape index (κ2) is 17.0. The van der Waals surface area contributed by atoms with Crippen molar-refractivity contribution in [1.29, 1.82) is 0 Å². The normalized spacial score (nSPS) is 20.7. The molecule has 0 bridgehead atoms. The number of aliphatic hydroxyl groups is 1. The fourth-order valence-corrected chi connectivity index (χ4v) is 12.6. The summed E-state index contributed by atoms with van der Waals surface area (Å²) in [5, 5.41) is 22.4. The number of aryl methyl sites for hydroxylation is 1. The van der Waals surface area contributed by atoms with Crippen molar-refractivity contribution in [2.24, 2.45) is 5.92 Å². The SMILES string of the molecule is COc1ccc([Si](C)(C)[C@H]2[C@H](CCn3cc(CCO)nn3)O[C@@]3(C(=O)N(C/C=C(\C)CCC=C(C)C)c4ccc(NC(=O)c5ccc(N)cc5)cc43)[C@@H]2C)cc1. The van der Waals surface area contributed by atoms with Crippen LogP contribution in [-0.4, -0.2) is 66.4 Å². The van der Waals surface area contributed by atoms with E-state index < -0.39 is 13.7 Å². The molecular formula is C44H56N6O5Si. The van der Waals surface area contributed by atoms with Crippen molar-refractivity contribution < 1.29 is 24.2 Å². The maximum Gasteiger partial charge on any atom is 0.264 e. The predicted molar refractivity (Wildman–Crippen MR) is 225 cm³/mol. The van der Waals surface area contributed by atoms with Gasteiger partial charge < -0.3 is 30.5 Å². The van der Waals surface area contributed by atoms with Crippen LogP contribution in [0.3, 0.4) is 0 Å². The Bertz CT molecular complexity index is 2090. The molecule has 0 radical (unpaired) electrons. The van der Waals surface area contributed by atoms with Crippen molar-refractivity contribution in [2.45, 2.75) is 90.3 Å². The minimum atomic E-state index is -2.40. The lowest BCUT2D eigenvalue weighted by atomic mass is 9.82. The van der Waals surface area contributed by atoms with Crippen molar-refractivity contribution >= 4 is 42.1 Å². The maximum atomic E-state index is 15.3. The Morgan fingerprint density at radius 2 is 1.80 bits per heavy atom. The van der Waals surface area contributed by atoms with E-state index in [4.69, 9.17) is 15.2 Å². The highest BCUT2D eigenvalue weighted by atomic mass is 28.3. The lowest BCUT2D eigenvalue weighted by Gasteiger charge is -2.37. The first kappa shape index (κ1) is 40.6. The summed E-state index contributed by atoms with van der Waals surface area (Å²) in [6.07, 6.45) is 8.83. The van der Waals surface area contributed by atoms with Gasteiger partial charge in [-0.1, -0.05) is 65.8 Å². The number of carbonyl (C=O) groups excluding carboxylic acids is 2. The van der Waals surface area contributed by atoms with Gasteiger partial charge in [0.15, 0.2) is 5.60 Å². The number of carbonyl (C=O) groups is 2. The van der Waals surface area contributed by atoms with Crippen LogP contribution in [0.5, 0.6) is 5.75 Å². The average Bonchev–Trinajstić information content (AvgIpc) is 3.82. The number of hydrogen-bond donors (Lipinski definition) is 3. The fraction of sp³-hybridized carbons (Fsp3) is 0.409. The minimum absolute atomic E-state index is 0.00119. The summed E-state index contributed by atoms with van der Waals surface area (Å²) < 4.78 is 14.7. The number of nitrogens with two attached hydrogens (primary N) is 1. The number of aliphatic hydroxyl groups excluding tert-OH is 1. The van der Waals surface area contributed by atoms with Gasteiger partial charge in [0.05, 0.1) is 32.7 Å². The number of anilines is 3. The van der Waals surface area contributed by atoms with Crippen molar-refractivity contribution in [3.8, 4) is 5.75 Å². The number of aromatic nitrogens is 3. The van der Waals surface area contributed by atoms with Crippen molar-refractivity contribution in [2.75, 3.05) is 36.2 Å². The molecule has 1 fully saturated rings. The van der Waals surface area contributed by atoms with E-state index in [0.29, 0.717) is 42.9 Å². The van der Waals surface area contributed by atoms with E-state index in [1.54, 1.807) is 36.1 Å². The van der Waals surface area contributed by atoms with Gasteiger partial charge in [0.25, 0.3) is 11.8 Å². The molecule has 6 rings (SSSR count). The van der Waals surface area contributed by atoms with E-state index in [2.05, 4.69) is 80.7 Å². The second-order valence-corrected chi connectivity index (χ2v) is 20.7. The van der Waals surface area contributed by atoms with Crippen LogP contribution in [0.2, 0.25) is 18.6 Å². The number of ether oxygens (including phenoxy) is 2. The summed E-state index contributed by atoms with van der Waals surface area (Å²) in [5.41, 5.74) is 11.0. The van der Waals surface area contributed by atoms with Crippen molar-refractivity contribution in [3.63, 3.8) is 0 Å². The van der Waals surface area contributed by atoms with E-state index >= 15 is 4.79 Å². The van der Waals surface area contributed by atoms with E-state index in [9.17, 15) is 9.90 Å². The number of nitrogens with zero attached hydrogens (tertiary/aromatic N) is 4. The summed E-state index contributed by atoms with van der Waals surface area (Å²) in [5.74, 6) is 0.209. The Morgan fingerprint density at radius 3 is 2.48 bits per heavy atom. The van der Waals surface area contributed by atoms with Gasteiger partial charge in [0.1, 0.15) is 5.75 Å². The summed E-state index contributed by atoms with van der Waals surface area (Å²) in [6.45, 7) is 14.2. The van der Waals surface area contributed by atoms with Gasteiger partial charge in [-0.05, 0) is 100 Å². The molecule has 0 unspecified atom stereocenters. The molecule has 2 amide bonds. The van der Waals surface area contributed by atoms with Crippen molar-refractivity contribution in [1.82, 2.24) is 15.0 Å². The molecule has 4 N–H and O–H groups in total. The molecule has 0 aliphatic carbocycles. The van der Waals surface area contributed by atoms with Gasteiger partial charge in [-0.25, -0.2) is 0 Å². The van der Waals surface area contributed by atoms with Crippen LogP contribution in [0.4, 0.5) is 17.1 Å². The van der Waals surface area contributed by atoms with Crippen molar-refractivity contribution in [3.05, 3.63) is 113 Å². The van der Waals surface area contributed by atoms with Gasteiger partial charge in [0.2, 0.25) is 0 Å². The smallest absolute Gasteiger partial charge is 0.264 e. The quantitative estimate of drug-likeness (QED) is 0.0665. The number of hydrogen-bond acceptors (Lipinski definition) is 8. The number of benzene rings is 3. The molecule has 1 aromatic heterocycles. The Hall–Kier alpha value is -5.04. The molecular weight excluding hydrogens is 721 g/mol. The number of allylic oxidation sites excluding steroid dienone is 3. The van der Waals surface area contributed by atoms with Crippen LogP contribution in [0.1, 0.15) is 68.6 Å². The highest BCUT2D eigenvalue weighted by Crippen LogP contribution is 2.60. The van der Waals surface area contributed by atoms with Gasteiger partial charge in [-0.15, -0.1) is 5.10 Å². The largest absolute Gasteiger partial charge is 0.497 e. The van der Waals surface area contributed by atoms with Crippen LogP contribution in [0.25, 0.3) is 0 Å². The van der Waals surface area contributed by atoms with E-state index in [0.717, 1.165) is 35.5 Å². The lowest BCUT2D eigenvalue weighted by molar-refractivity contribution is -0.145. The minimum Gasteiger partial charge on any atom is -0.497 e. The number of nitrogen functional groups attached to an aromatic ring is 1. The molecule has 0 saturated carbocycles. The molecule has 296 valence electrons. The Balaban J connectivity index is 1.42. The lowest BCUT2D eigenvalue weighted by Crippen LogP contribution is -2.52. The Kier molecular flexibility index (Phi) is 12.3. The third kappa shape index (κ3) is 8.23. The molecule has 1 saturated heterocycles. The van der Waals surface area contributed by atoms with Crippen LogP contribution in [-0.2, 0) is 28.1 Å². The van der Waals surface area contributed by atoms with Crippen LogP contribution >= 0.6 is 0 Å². The summed E-state index contributed by atoms with van der Waals surface area (Å²) in [4.78, 5) is 30.6. The molecule has 56 heavy (non-hydrogen) atoms. The predicted octanol–water partition coefficient (Wildman–Crippen LogP) is 7.00. The molecule has 11 nitrogen and oxygen atoms in total. The molecule has 12 heteroatoms. The Morgan fingerprint density at radius 1 is 1.07 bits per heavy atom. The molecule has 4 atom stereocenters. The zero-order chi connectivity index (χ0) is 40.2. The number of nitrogens with one attached hydrogen (secondary N) is 1. The third-order valence-electron chi connectivity index (χ3n) is 11.6. The first-order valence-corrected chi connectivity index (χ1v) is 22.6. The maximum absolute atomic E-state index is 15.3. The second-order valence-electron chi connectivity index (χ2n) is 16.0. The van der Waals surface area contributed by atoms with Gasteiger partial charge >= 0.3 is 0 Å². The molecule has 1 spiro atoms. The molecule has 3 heterocycles. The number of methoxy groups -OCH3 is 1. The zero-order valence-electron chi connectivity index (χ0n) is 33.7. The highest BCUT2D eigenvalue weighted by molar-refractivity contribution is 6.91. The summed E-state index contributed by atoms with van der Waals surface area (Å²) in [7, 11) is -0.728. The third-order valence-corrected chi connectivity index (χ3v) is 15.9.